The molecular weight excluding hydrogens is 676 g/mol. The molecule has 51 heavy (non-hydrogen) atoms. The number of anilines is 1. The number of likely N-dealkylation sites (N-methyl/N-ethyl adjacent to an activating group) is 1. The van der Waals surface area contributed by atoms with E-state index in [9.17, 15) is 32.0 Å². The maximum absolute atomic E-state index is 13.9. The van der Waals surface area contributed by atoms with Crippen molar-refractivity contribution in [1.29, 1.82) is 0 Å². The third-order valence-corrected chi connectivity index (χ3v) is 9.55. The van der Waals surface area contributed by atoms with Gasteiger partial charge in [-0.1, -0.05) is 56.3 Å². The van der Waals surface area contributed by atoms with Gasteiger partial charge in [-0.3, -0.25) is 23.5 Å². The zero-order valence-electron chi connectivity index (χ0n) is 30.1. The molecule has 0 aliphatic carbocycles. The van der Waals surface area contributed by atoms with E-state index in [1.54, 1.807) is 32.9 Å². The first-order chi connectivity index (χ1) is 24.0. The second kappa shape index (κ2) is 18.4. The number of nitrogens with zero attached hydrogens (tertiary/aromatic N) is 1. The molecule has 0 radical (unpaired) electrons. The fourth-order valence-corrected chi connectivity index (χ4v) is 5.70. The van der Waals surface area contributed by atoms with E-state index < -0.39 is 51.8 Å². The van der Waals surface area contributed by atoms with Crippen molar-refractivity contribution in [2.75, 3.05) is 30.7 Å². The van der Waals surface area contributed by atoms with Crippen LogP contribution < -0.4 is 30.9 Å². The number of amides is 4. The Hall–Kier alpha value is -4.82. The standard InChI is InChI=1S/C37H49FN6O6S/c1-8-39-37(48)33(23(2)3)43-34(45)25(5)40-22-31(18-26-12-10-9-11-13-26)42-36(47)29-19-28(20-32(21-29)44(6)51(7,49)50)35(46)41-24(4)27-14-16-30(38)17-15-27/h9-17,19-21,23-25,31,33,40H,8,18,22H2,1-7H3,(H,39,48)(H,41,46)(H,42,47)(H,43,45)/t24-,25+,31+,33+/m1/s1. The van der Waals surface area contributed by atoms with Crippen LogP contribution in [0.5, 0.6) is 0 Å². The Balaban J connectivity index is 1.87. The summed E-state index contributed by atoms with van der Waals surface area (Å²) in [5.74, 6) is -2.36. The van der Waals surface area contributed by atoms with E-state index in [0.717, 1.165) is 16.1 Å². The summed E-state index contributed by atoms with van der Waals surface area (Å²) < 4.78 is 39.4. The molecule has 0 aliphatic heterocycles. The number of rotatable bonds is 17. The van der Waals surface area contributed by atoms with Crippen LogP contribution in [0.4, 0.5) is 10.1 Å². The van der Waals surface area contributed by atoms with Gasteiger partial charge in [-0.25, -0.2) is 12.8 Å². The summed E-state index contributed by atoms with van der Waals surface area (Å²) in [7, 11) is -2.44. The average Bonchev–Trinajstić information content (AvgIpc) is 3.08. The normalized spacial score (nSPS) is 13.7. The molecule has 0 bridgehead atoms. The van der Waals surface area contributed by atoms with Crippen LogP contribution in [-0.4, -0.2) is 76.6 Å². The highest BCUT2D eigenvalue weighted by atomic mass is 32.2. The number of carbonyl (C=O) groups excluding carboxylic acids is 4. The van der Waals surface area contributed by atoms with E-state index in [4.69, 9.17) is 0 Å². The number of sulfonamides is 1. The van der Waals surface area contributed by atoms with Crippen molar-refractivity contribution in [3.63, 3.8) is 0 Å². The van der Waals surface area contributed by atoms with Crippen molar-refractivity contribution in [2.45, 2.75) is 65.2 Å². The van der Waals surface area contributed by atoms with Crippen molar-refractivity contribution in [3.8, 4) is 0 Å². The Morgan fingerprint density at radius 3 is 1.94 bits per heavy atom. The van der Waals surface area contributed by atoms with E-state index in [1.807, 2.05) is 44.2 Å². The number of hydrogen-bond donors (Lipinski definition) is 5. The topological polar surface area (TPSA) is 166 Å². The van der Waals surface area contributed by atoms with Crippen molar-refractivity contribution >= 4 is 39.3 Å². The predicted molar refractivity (Wildman–Crippen MR) is 196 cm³/mol. The molecule has 3 aromatic carbocycles. The van der Waals surface area contributed by atoms with E-state index in [-0.39, 0.29) is 41.1 Å². The molecule has 5 N–H and O–H groups in total. The maximum atomic E-state index is 13.9. The molecule has 276 valence electrons. The third-order valence-electron chi connectivity index (χ3n) is 8.34. The minimum atomic E-state index is -3.76. The molecule has 3 aromatic rings. The number of carbonyl (C=O) groups is 4. The van der Waals surface area contributed by atoms with Crippen LogP contribution in [0.1, 0.15) is 72.5 Å². The van der Waals surface area contributed by atoms with Gasteiger partial charge in [-0.2, -0.15) is 0 Å². The van der Waals surface area contributed by atoms with Crippen LogP contribution >= 0.6 is 0 Å². The van der Waals surface area contributed by atoms with Crippen molar-refractivity contribution in [2.24, 2.45) is 5.92 Å². The van der Waals surface area contributed by atoms with Gasteiger partial charge in [0.1, 0.15) is 11.9 Å². The average molecular weight is 725 g/mol. The lowest BCUT2D eigenvalue weighted by atomic mass is 10.0. The minimum Gasteiger partial charge on any atom is -0.355 e. The summed E-state index contributed by atoms with van der Waals surface area (Å²) in [6.07, 6.45) is 1.39. The van der Waals surface area contributed by atoms with Crippen molar-refractivity contribution in [1.82, 2.24) is 26.6 Å². The first-order valence-electron chi connectivity index (χ1n) is 16.8. The van der Waals surface area contributed by atoms with Crippen LogP contribution in [0, 0.1) is 11.7 Å². The van der Waals surface area contributed by atoms with Gasteiger partial charge < -0.3 is 26.6 Å². The fourth-order valence-electron chi connectivity index (χ4n) is 5.21. The highest BCUT2D eigenvalue weighted by Crippen LogP contribution is 2.22. The summed E-state index contributed by atoms with van der Waals surface area (Å²) in [5, 5.41) is 14.5. The van der Waals surface area contributed by atoms with Gasteiger partial charge in [0, 0.05) is 37.3 Å². The molecule has 0 aromatic heterocycles. The molecule has 0 fully saturated rings. The zero-order valence-corrected chi connectivity index (χ0v) is 30.9. The Morgan fingerprint density at radius 1 is 0.804 bits per heavy atom. The highest BCUT2D eigenvalue weighted by molar-refractivity contribution is 7.92. The largest absolute Gasteiger partial charge is 0.355 e. The Kier molecular flexibility index (Phi) is 14.7. The summed E-state index contributed by atoms with van der Waals surface area (Å²) in [4.78, 5) is 52.9. The monoisotopic (exact) mass is 724 g/mol. The van der Waals surface area contributed by atoms with Gasteiger partial charge >= 0.3 is 0 Å². The highest BCUT2D eigenvalue weighted by Gasteiger charge is 2.27. The van der Waals surface area contributed by atoms with Crippen molar-refractivity contribution in [3.05, 3.63) is 101 Å². The molecule has 12 nitrogen and oxygen atoms in total. The smallest absolute Gasteiger partial charge is 0.251 e. The van der Waals surface area contributed by atoms with Gasteiger partial charge in [-0.05, 0) is 74.6 Å². The number of halogens is 1. The first kappa shape index (κ1) is 40.6. The van der Waals surface area contributed by atoms with Crippen LogP contribution in [0.15, 0.2) is 72.8 Å². The van der Waals surface area contributed by atoms with E-state index in [2.05, 4.69) is 26.6 Å². The van der Waals surface area contributed by atoms with E-state index >= 15 is 0 Å². The molecule has 0 heterocycles. The molecule has 4 atom stereocenters. The molecule has 4 amide bonds. The molecule has 0 unspecified atom stereocenters. The lowest BCUT2D eigenvalue weighted by molar-refractivity contribution is -0.130. The Labute approximate surface area is 300 Å². The van der Waals surface area contributed by atoms with Gasteiger partial charge in [-0.15, -0.1) is 0 Å². The van der Waals surface area contributed by atoms with Gasteiger partial charge in [0.05, 0.1) is 24.0 Å². The van der Waals surface area contributed by atoms with E-state index in [1.165, 1.54) is 37.4 Å². The molecule has 14 heteroatoms. The summed E-state index contributed by atoms with van der Waals surface area (Å²) >= 11 is 0. The first-order valence-corrected chi connectivity index (χ1v) is 18.7. The fraction of sp³-hybridized carbons (Fsp3) is 0.405. The molecule has 0 saturated carbocycles. The second-order valence-electron chi connectivity index (χ2n) is 12.9. The summed E-state index contributed by atoms with van der Waals surface area (Å²) in [6, 6.07) is 16.7. The van der Waals surface area contributed by atoms with Gasteiger partial charge in [0.15, 0.2) is 0 Å². The van der Waals surface area contributed by atoms with Crippen LogP contribution in [0.3, 0.4) is 0 Å². The molecule has 0 spiro atoms. The molecule has 0 saturated heterocycles. The number of hydrogen-bond acceptors (Lipinski definition) is 7. The quantitative estimate of drug-likeness (QED) is 0.143. The molecule has 3 rings (SSSR count). The van der Waals surface area contributed by atoms with Crippen LogP contribution in [-0.2, 0) is 26.0 Å². The van der Waals surface area contributed by atoms with Gasteiger partial charge in [0.2, 0.25) is 21.8 Å². The summed E-state index contributed by atoms with van der Waals surface area (Å²) in [5.41, 5.74) is 1.73. The molecule has 0 aliphatic rings. The molecular formula is C37H49FN6O6S. The minimum absolute atomic E-state index is 0.0353. The zero-order chi connectivity index (χ0) is 37.9. The lowest BCUT2D eigenvalue weighted by Gasteiger charge is -2.25. The van der Waals surface area contributed by atoms with Gasteiger partial charge in [0.25, 0.3) is 11.8 Å². The Morgan fingerprint density at radius 2 is 1.39 bits per heavy atom. The SMILES string of the molecule is CCNC(=O)[C@@H](NC(=O)[C@H](C)NC[C@H](Cc1ccccc1)NC(=O)c1cc(C(=O)N[C@H](C)c2ccc(F)cc2)cc(N(C)S(C)(=O)=O)c1)C(C)C. The maximum Gasteiger partial charge on any atom is 0.251 e. The predicted octanol–water partition coefficient (Wildman–Crippen LogP) is 3.31. The van der Waals surface area contributed by atoms with Crippen LogP contribution in [0.25, 0.3) is 0 Å². The van der Waals surface area contributed by atoms with Crippen LogP contribution in [0.2, 0.25) is 0 Å². The third kappa shape index (κ3) is 12.2. The van der Waals surface area contributed by atoms with E-state index in [0.29, 0.717) is 18.5 Å². The number of nitrogens with one attached hydrogen (secondary N) is 5. The summed E-state index contributed by atoms with van der Waals surface area (Å²) in [6.45, 7) is 9.45. The second-order valence-corrected chi connectivity index (χ2v) is 14.9. The van der Waals surface area contributed by atoms with Crippen molar-refractivity contribution < 1.29 is 32.0 Å². The lowest BCUT2D eigenvalue weighted by Crippen LogP contribution is -2.55. The number of benzene rings is 3. The Bertz CT molecular complexity index is 1770.